The van der Waals surface area contributed by atoms with E-state index in [-0.39, 0.29) is 50.0 Å². The normalized spacial score (nSPS) is 22.1. The fourth-order valence-corrected chi connectivity index (χ4v) is 7.36. The average molecular weight is 762 g/mol. The molecule has 6 rings (SSSR count). The molecule has 2 aliphatic rings. The van der Waals surface area contributed by atoms with Crippen molar-refractivity contribution < 1.29 is 47.6 Å². The van der Waals surface area contributed by atoms with Crippen molar-refractivity contribution in [3.63, 3.8) is 0 Å². The molecule has 13 heteroatoms. The molecule has 10 nitrogen and oxygen atoms in total. The number of aliphatic hydroxyl groups excluding tert-OH is 2. The van der Waals surface area contributed by atoms with Gasteiger partial charge in [0.25, 0.3) is 0 Å². The summed E-state index contributed by atoms with van der Waals surface area (Å²) in [4.78, 5) is 27.5. The first kappa shape index (κ1) is 39.9. The second kappa shape index (κ2) is 17.3. The fraction of sp³-hybridized carbons (Fsp3) is 0.381. The van der Waals surface area contributed by atoms with E-state index >= 15 is 0 Å². The molecule has 6 atom stereocenters. The van der Waals surface area contributed by atoms with Crippen LogP contribution in [0.3, 0.4) is 0 Å². The first-order chi connectivity index (χ1) is 26.3. The van der Waals surface area contributed by atoms with Crippen LogP contribution in [0.4, 0.5) is 13.2 Å². The summed E-state index contributed by atoms with van der Waals surface area (Å²) in [6.45, 7) is 2.69. The van der Waals surface area contributed by atoms with Gasteiger partial charge in [0.15, 0.2) is 6.29 Å². The minimum Gasteiger partial charge on any atom is -0.508 e. The van der Waals surface area contributed by atoms with Gasteiger partial charge in [0.2, 0.25) is 5.91 Å². The fourth-order valence-electron chi connectivity index (χ4n) is 7.36. The molecule has 0 aromatic heterocycles. The second-order valence-corrected chi connectivity index (χ2v) is 14.3. The van der Waals surface area contributed by atoms with Crippen LogP contribution in [0, 0.1) is 5.92 Å². The van der Waals surface area contributed by atoms with Gasteiger partial charge in [0, 0.05) is 37.7 Å². The van der Waals surface area contributed by atoms with Crippen LogP contribution in [0.15, 0.2) is 97.1 Å². The third-order valence-corrected chi connectivity index (χ3v) is 10.4. The van der Waals surface area contributed by atoms with Crippen LogP contribution in [0.25, 0.3) is 11.1 Å². The Kier molecular flexibility index (Phi) is 12.6. The number of likely N-dealkylation sites (tertiary alicyclic amines) is 1. The number of hydrogen-bond acceptors (Lipinski definition) is 8. The molecule has 4 aromatic rings. The zero-order chi connectivity index (χ0) is 39.3. The number of rotatable bonds is 12. The van der Waals surface area contributed by atoms with E-state index in [1.165, 1.54) is 0 Å². The Morgan fingerprint density at radius 1 is 0.964 bits per heavy atom. The quantitative estimate of drug-likeness (QED) is 0.135. The average Bonchev–Trinajstić information content (AvgIpc) is 3.67. The van der Waals surface area contributed by atoms with Crippen LogP contribution in [0.1, 0.15) is 66.1 Å². The number of nitrogens with zero attached hydrogens (tertiary/aromatic N) is 2. The SMILES string of the molecule is CC1C(CN(C)CC(O)c2cccc(O)c2)OC(c2ccc(-c3ccccc3CNC(=O)C3CCCN3C(=O)C(F)(F)F)cc2)OC1c1ccc(CO)cc1. The number of nitrogens with one attached hydrogen (secondary N) is 1. The maximum Gasteiger partial charge on any atom is 0.471 e. The number of ether oxygens (including phenoxy) is 2. The molecule has 0 aliphatic carbocycles. The molecule has 6 unspecified atom stereocenters. The Hall–Kier alpha value is -4.79. The van der Waals surface area contributed by atoms with Crippen LogP contribution in [-0.4, -0.2) is 81.9 Å². The molecule has 0 radical (unpaired) electrons. The number of hydrogen-bond donors (Lipinski definition) is 4. The molecule has 2 amide bonds. The van der Waals surface area contributed by atoms with Crippen LogP contribution < -0.4 is 5.32 Å². The number of aromatic hydroxyl groups is 1. The lowest BCUT2D eigenvalue weighted by Gasteiger charge is -2.42. The highest BCUT2D eigenvalue weighted by molar-refractivity contribution is 5.90. The van der Waals surface area contributed by atoms with Crippen LogP contribution >= 0.6 is 0 Å². The molecule has 2 fully saturated rings. The maximum absolute atomic E-state index is 13.1. The number of halogens is 3. The van der Waals surface area contributed by atoms with Crippen molar-refractivity contribution >= 4 is 11.8 Å². The Labute approximate surface area is 318 Å². The first-order valence-corrected chi connectivity index (χ1v) is 18.3. The van der Waals surface area contributed by atoms with Gasteiger partial charge in [-0.3, -0.25) is 9.59 Å². The molecular weight excluding hydrogens is 715 g/mol. The molecular formula is C42H46F3N3O7. The van der Waals surface area contributed by atoms with E-state index < -0.39 is 36.4 Å². The van der Waals surface area contributed by atoms with Gasteiger partial charge in [-0.1, -0.05) is 91.9 Å². The molecule has 2 heterocycles. The standard InChI is InChI=1S/C42H46F3N3O7/c1-26-37(24-47(2)23-36(51)31-8-5-9-33(50)21-31)54-40(55-38(26)29-14-12-27(25-49)13-15-29)30-18-16-28(17-19-30)34-10-4-3-7-32(34)22-46-39(52)35-11-6-20-48(35)41(53)42(43,44)45/h3-5,7-10,12-19,21,26,35-38,40,49-51H,6,11,20,22-25H2,1-2H3,(H,46,52). The molecule has 0 bridgehead atoms. The minimum atomic E-state index is -5.05. The lowest BCUT2D eigenvalue weighted by atomic mass is 9.90. The number of phenolic OH excluding ortho intramolecular Hbond substituents is 1. The minimum absolute atomic E-state index is 0.0557. The molecule has 0 saturated carbocycles. The summed E-state index contributed by atoms with van der Waals surface area (Å²) in [6, 6.07) is 28.0. The first-order valence-electron chi connectivity index (χ1n) is 18.3. The maximum atomic E-state index is 13.1. The van der Waals surface area contributed by atoms with Crippen molar-refractivity contribution in [2.45, 2.75) is 69.7 Å². The summed E-state index contributed by atoms with van der Waals surface area (Å²) in [5, 5.41) is 33.2. The van der Waals surface area contributed by atoms with Gasteiger partial charge >= 0.3 is 12.1 Å². The second-order valence-electron chi connectivity index (χ2n) is 14.3. The van der Waals surface area contributed by atoms with Gasteiger partial charge in [-0.05, 0) is 65.4 Å². The number of carbonyl (C=O) groups is 2. The molecule has 292 valence electrons. The number of phenols is 1. The van der Waals surface area contributed by atoms with Crippen molar-refractivity contribution in [2.24, 2.45) is 5.92 Å². The van der Waals surface area contributed by atoms with Gasteiger partial charge in [0.05, 0.1) is 24.9 Å². The Balaban J connectivity index is 1.17. The number of alkyl halides is 3. The molecule has 4 N–H and O–H groups in total. The Morgan fingerprint density at radius 2 is 1.67 bits per heavy atom. The highest BCUT2D eigenvalue weighted by Gasteiger charge is 2.47. The lowest BCUT2D eigenvalue weighted by Crippen LogP contribution is -2.50. The number of likely N-dealkylation sites (N-methyl/N-ethyl adjacent to an activating group) is 1. The lowest BCUT2D eigenvalue weighted by molar-refractivity contribution is -0.276. The number of carbonyl (C=O) groups excluding carboxylic acids is 2. The van der Waals surface area contributed by atoms with E-state index in [9.17, 15) is 38.1 Å². The van der Waals surface area contributed by atoms with E-state index in [4.69, 9.17) is 9.47 Å². The molecule has 0 spiro atoms. The van der Waals surface area contributed by atoms with Crippen molar-refractivity contribution in [3.05, 3.63) is 125 Å². The van der Waals surface area contributed by atoms with Crippen molar-refractivity contribution in [1.82, 2.24) is 15.1 Å². The van der Waals surface area contributed by atoms with E-state index in [0.717, 1.165) is 33.4 Å². The zero-order valence-corrected chi connectivity index (χ0v) is 30.7. The third kappa shape index (κ3) is 9.54. The predicted octanol–water partition coefficient (Wildman–Crippen LogP) is 6.18. The Morgan fingerprint density at radius 3 is 2.36 bits per heavy atom. The summed E-state index contributed by atoms with van der Waals surface area (Å²) in [7, 11) is 1.90. The number of aliphatic hydroxyl groups is 2. The van der Waals surface area contributed by atoms with Crippen LogP contribution in [-0.2, 0) is 32.2 Å². The molecule has 2 aliphatic heterocycles. The van der Waals surface area contributed by atoms with E-state index in [0.29, 0.717) is 30.0 Å². The topological polar surface area (TPSA) is 132 Å². The summed E-state index contributed by atoms with van der Waals surface area (Å²) in [5.74, 6) is -2.65. The van der Waals surface area contributed by atoms with Crippen LogP contribution in [0.2, 0.25) is 0 Å². The molecule has 4 aromatic carbocycles. The number of benzene rings is 4. The molecule has 55 heavy (non-hydrogen) atoms. The summed E-state index contributed by atoms with van der Waals surface area (Å²) in [5.41, 5.74) is 5.48. The van der Waals surface area contributed by atoms with Gasteiger partial charge < -0.3 is 39.9 Å². The van der Waals surface area contributed by atoms with Gasteiger partial charge in [0.1, 0.15) is 11.8 Å². The van der Waals surface area contributed by atoms with E-state index in [1.54, 1.807) is 24.3 Å². The molecule has 2 saturated heterocycles. The van der Waals surface area contributed by atoms with E-state index in [2.05, 4.69) is 12.2 Å². The van der Waals surface area contributed by atoms with Crippen molar-refractivity contribution in [1.29, 1.82) is 0 Å². The Bertz CT molecular complexity index is 1920. The van der Waals surface area contributed by atoms with E-state index in [1.807, 2.05) is 84.7 Å². The van der Waals surface area contributed by atoms with Crippen molar-refractivity contribution in [3.8, 4) is 16.9 Å². The zero-order valence-electron chi connectivity index (χ0n) is 30.7. The van der Waals surface area contributed by atoms with Gasteiger partial charge in [-0.2, -0.15) is 13.2 Å². The number of amides is 2. The monoisotopic (exact) mass is 761 g/mol. The third-order valence-electron chi connectivity index (χ3n) is 10.4. The summed E-state index contributed by atoms with van der Waals surface area (Å²) in [6.07, 6.45) is -6.81. The van der Waals surface area contributed by atoms with Crippen molar-refractivity contribution in [2.75, 3.05) is 26.7 Å². The largest absolute Gasteiger partial charge is 0.508 e. The summed E-state index contributed by atoms with van der Waals surface area (Å²) >= 11 is 0. The predicted molar refractivity (Wildman–Crippen MR) is 198 cm³/mol. The highest BCUT2D eigenvalue weighted by Crippen LogP contribution is 2.42. The summed E-state index contributed by atoms with van der Waals surface area (Å²) < 4.78 is 52.6. The van der Waals surface area contributed by atoms with Crippen LogP contribution in [0.5, 0.6) is 5.75 Å². The highest BCUT2D eigenvalue weighted by atomic mass is 19.4. The smallest absolute Gasteiger partial charge is 0.471 e. The van der Waals surface area contributed by atoms with Gasteiger partial charge in [-0.25, -0.2) is 0 Å². The van der Waals surface area contributed by atoms with Gasteiger partial charge in [-0.15, -0.1) is 0 Å².